The Kier molecular flexibility index (Phi) is 109. The number of hydrogen-bond acceptors (Lipinski definition) is 1. The second kappa shape index (κ2) is 62.6. The normalized spacial score (nSPS) is 5.10. The van der Waals surface area contributed by atoms with Crippen LogP contribution in [-0.2, 0) is 55.7 Å². The summed E-state index contributed by atoms with van der Waals surface area (Å²) in [4.78, 5) is 0. The minimum absolute atomic E-state index is 0. The van der Waals surface area contributed by atoms with Crippen LogP contribution in [0.25, 0.3) is 0 Å². The maximum Gasteiger partial charge on any atom is 0 e. The molecule has 0 aliphatic rings. The fraction of sp³-hybridized carbons (Fsp3) is 0.143. The SMILES string of the molecule is C[C]OCc1ccccc1.[C-]#[O+].[C-]#[O+].[C-]#[O+].[C-]#[O+].[C-]#[O+].[W]. The molecule has 7 heteroatoms. The summed E-state index contributed by atoms with van der Waals surface area (Å²) in [6.45, 7) is 27.5. The van der Waals surface area contributed by atoms with Gasteiger partial charge in [-0.1, -0.05) is 30.3 Å². The molecule has 0 amide bonds. The van der Waals surface area contributed by atoms with Crippen LogP contribution in [0.2, 0.25) is 0 Å². The van der Waals surface area contributed by atoms with Crippen molar-refractivity contribution in [2.45, 2.75) is 13.5 Å². The number of ether oxygens (including phenoxy) is 1. The molecule has 0 spiro atoms. The van der Waals surface area contributed by atoms with Crippen LogP contribution in [0.1, 0.15) is 12.5 Å². The van der Waals surface area contributed by atoms with Crippen molar-refractivity contribution >= 4 is 0 Å². The van der Waals surface area contributed by atoms with Crippen molar-refractivity contribution in [2.24, 2.45) is 0 Å². The molecule has 2 radical (unpaired) electrons. The van der Waals surface area contributed by atoms with Gasteiger partial charge in [-0.3, -0.25) is 0 Å². The molecule has 108 valence electrons. The van der Waals surface area contributed by atoms with Gasteiger partial charge in [0.1, 0.15) is 6.61 Å². The first-order valence-corrected chi connectivity index (χ1v) is 4.28. The fourth-order valence-electron chi connectivity index (χ4n) is 0.730. The van der Waals surface area contributed by atoms with Crippen LogP contribution in [0.15, 0.2) is 30.3 Å². The molecule has 0 atom stereocenters. The van der Waals surface area contributed by atoms with Crippen molar-refractivity contribution in [1.29, 1.82) is 0 Å². The first-order chi connectivity index (χ1) is 9.93. The van der Waals surface area contributed by atoms with Crippen LogP contribution in [0.3, 0.4) is 0 Å². The summed E-state index contributed by atoms with van der Waals surface area (Å²) >= 11 is 0. The number of hydrogen-bond donors (Lipinski definition) is 0. The zero-order valence-corrected chi connectivity index (χ0v) is 13.9. The van der Waals surface area contributed by atoms with E-state index in [0.717, 1.165) is 0 Å². The van der Waals surface area contributed by atoms with Crippen molar-refractivity contribution in [1.82, 2.24) is 0 Å². The van der Waals surface area contributed by atoms with Gasteiger partial charge in [0.15, 0.2) is 0 Å². The molecule has 0 saturated heterocycles. The predicted molar refractivity (Wildman–Crippen MR) is 59.8 cm³/mol. The molecule has 0 aliphatic heterocycles. The molecule has 1 rings (SSSR count). The summed E-state index contributed by atoms with van der Waals surface area (Å²) < 4.78 is 42.5. The van der Waals surface area contributed by atoms with Crippen molar-refractivity contribution in [3.63, 3.8) is 0 Å². The minimum atomic E-state index is 0. The van der Waals surface area contributed by atoms with Gasteiger partial charge in [-0.15, -0.1) is 0 Å². The first-order valence-electron chi connectivity index (χ1n) is 4.28. The van der Waals surface area contributed by atoms with Crippen molar-refractivity contribution < 1.29 is 49.1 Å². The van der Waals surface area contributed by atoms with E-state index in [0.29, 0.717) is 6.61 Å². The smallest absolute Gasteiger partial charge is 0 e. The van der Waals surface area contributed by atoms with Crippen LogP contribution in [-0.4, -0.2) is 0 Å². The maximum absolute atomic E-state index is 7.50. The molecule has 1 aromatic rings. The Balaban J connectivity index is -0.0000000440. The Bertz CT molecular complexity index is 318. The zero-order chi connectivity index (χ0) is 17.2. The average molecular weight is 458 g/mol. The second-order valence-electron chi connectivity index (χ2n) is 1.98. The van der Waals surface area contributed by atoms with E-state index in [4.69, 9.17) is 28.0 Å². The van der Waals surface area contributed by atoms with E-state index in [9.17, 15) is 0 Å². The third-order valence-corrected chi connectivity index (χ3v) is 1.23. The molecule has 0 saturated carbocycles. The molecule has 1 aromatic carbocycles. The van der Waals surface area contributed by atoms with Gasteiger partial charge >= 0.3 is 56.5 Å². The molecular formula is C14H10O6W. The van der Waals surface area contributed by atoms with Gasteiger partial charge in [-0.2, -0.15) is 0 Å². The average Bonchev–Trinajstić information content (AvgIpc) is 2.63. The third kappa shape index (κ3) is 45.6. The Labute approximate surface area is 138 Å². The molecule has 0 fully saturated rings. The van der Waals surface area contributed by atoms with Crippen molar-refractivity contribution in [3.8, 4) is 0 Å². The van der Waals surface area contributed by atoms with E-state index < -0.39 is 0 Å². The molecule has 0 aromatic heterocycles. The molecule has 0 bridgehead atoms. The maximum atomic E-state index is 7.50. The molecule has 0 heterocycles. The van der Waals surface area contributed by atoms with E-state index in [1.165, 1.54) is 5.56 Å². The van der Waals surface area contributed by atoms with E-state index in [1.807, 2.05) is 30.3 Å². The monoisotopic (exact) mass is 458 g/mol. The van der Waals surface area contributed by atoms with Gasteiger partial charge in [0, 0.05) is 21.1 Å². The molecule has 0 N–H and O–H groups in total. The summed E-state index contributed by atoms with van der Waals surface area (Å²) in [5.74, 6) is 0. The number of rotatable bonds is 3. The van der Waals surface area contributed by atoms with Crippen LogP contribution >= 0.6 is 0 Å². The van der Waals surface area contributed by atoms with Gasteiger partial charge in [0.25, 0.3) is 0 Å². The second-order valence-corrected chi connectivity index (χ2v) is 1.98. The quantitative estimate of drug-likeness (QED) is 0.502. The molecular weight excluding hydrogens is 448 g/mol. The van der Waals surface area contributed by atoms with Crippen molar-refractivity contribution in [3.05, 3.63) is 75.8 Å². The Morgan fingerprint density at radius 2 is 1.14 bits per heavy atom. The molecule has 0 unspecified atom stereocenters. The van der Waals surface area contributed by atoms with Crippen LogP contribution in [0.5, 0.6) is 0 Å². The molecule has 21 heavy (non-hydrogen) atoms. The Morgan fingerprint density at radius 1 is 0.810 bits per heavy atom. The standard InChI is InChI=1S/C9H10O.5CO.W/c1-2-10-8-9-6-4-3-5-7-9;5*1-2;/h3-7H,8H2,1H3;;;;;;. The first kappa shape index (κ1) is 36.6. The van der Waals surface area contributed by atoms with E-state index in [1.54, 1.807) is 6.92 Å². The van der Waals surface area contributed by atoms with Crippen molar-refractivity contribution in [2.75, 3.05) is 0 Å². The molecule has 0 aliphatic carbocycles. The Morgan fingerprint density at radius 3 is 1.43 bits per heavy atom. The zero-order valence-electron chi connectivity index (χ0n) is 11.0. The van der Waals surface area contributed by atoms with Crippen LogP contribution in [0.4, 0.5) is 0 Å². The van der Waals surface area contributed by atoms with Crippen LogP contribution < -0.4 is 0 Å². The molecule has 6 nitrogen and oxygen atoms in total. The number of benzene rings is 1. The third-order valence-electron chi connectivity index (χ3n) is 1.23. The van der Waals surface area contributed by atoms with Gasteiger partial charge in [0.05, 0.1) is 6.61 Å². The van der Waals surface area contributed by atoms with Gasteiger partial charge < -0.3 is 4.74 Å². The van der Waals surface area contributed by atoms with E-state index in [-0.39, 0.29) is 21.1 Å². The topological polar surface area (TPSA) is 109 Å². The predicted octanol–water partition coefficient (Wildman–Crippen LogP) is 2.07. The summed E-state index contributed by atoms with van der Waals surface area (Å²) in [5, 5.41) is 0. The largest absolute Gasteiger partial charge is 0 e. The summed E-state index contributed by atoms with van der Waals surface area (Å²) in [6.07, 6.45) is 0. The minimum Gasteiger partial charge on any atom is 0 e. The van der Waals surface area contributed by atoms with Gasteiger partial charge in [0.2, 0.25) is 0 Å². The fourth-order valence-corrected chi connectivity index (χ4v) is 0.730. The van der Waals surface area contributed by atoms with E-state index >= 15 is 0 Å². The van der Waals surface area contributed by atoms with Gasteiger partial charge in [-0.05, 0) is 12.5 Å². The summed E-state index contributed by atoms with van der Waals surface area (Å²) in [5.41, 5.74) is 1.18. The summed E-state index contributed by atoms with van der Waals surface area (Å²) in [7, 11) is 0. The van der Waals surface area contributed by atoms with Crippen LogP contribution in [0, 0.1) is 39.9 Å². The van der Waals surface area contributed by atoms with E-state index in [2.05, 4.69) is 39.9 Å². The Hall–Kier alpha value is -1.43. The van der Waals surface area contributed by atoms with Gasteiger partial charge in [-0.25, -0.2) is 0 Å². The summed E-state index contributed by atoms with van der Waals surface area (Å²) in [6, 6.07) is 10.0.